The lowest BCUT2D eigenvalue weighted by molar-refractivity contribution is 0.141. The molecule has 4 nitrogen and oxygen atoms in total. The smallest absolute Gasteiger partial charge is 0.419 e. The summed E-state index contributed by atoms with van der Waals surface area (Å²) in [6.07, 6.45) is -0.388. The topological polar surface area (TPSA) is 55.6 Å². The molecule has 0 unspecified atom stereocenters. The summed E-state index contributed by atoms with van der Waals surface area (Å²) in [4.78, 5) is 10.6. The highest BCUT2D eigenvalue weighted by Crippen LogP contribution is 2.13. The van der Waals surface area contributed by atoms with Gasteiger partial charge in [-0.25, -0.2) is 7.91 Å². The zero-order valence-corrected chi connectivity index (χ0v) is 6.87. The number of nitrogens with zero attached hydrogens (tertiary/aromatic N) is 1. The summed E-state index contributed by atoms with van der Waals surface area (Å²) in [5.74, 6) is 0. The van der Waals surface area contributed by atoms with Crippen LogP contribution in [0.25, 0.3) is 0 Å². The molecule has 9 heavy (non-hydrogen) atoms. The van der Waals surface area contributed by atoms with E-state index in [0.29, 0.717) is 13.1 Å². The summed E-state index contributed by atoms with van der Waals surface area (Å²) in [5.41, 5.74) is 5.25. The lowest BCUT2D eigenvalue weighted by Crippen LogP contribution is -2.22. The molecule has 5 heteroatoms. The molecule has 1 amide bonds. The van der Waals surface area contributed by atoms with Crippen LogP contribution in [0.5, 0.6) is 0 Å². The zero-order chi connectivity index (χ0) is 6.85. The van der Waals surface area contributed by atoms with Crippen molar-refractivity contribution >= 4 is 29.0 Å². The van der Waals surface area contributed by atoms with Crippen molar-refractivity contribution in [1.82, 2.24) is 3.11 Å². The summed E-state index contributed by atoms with van der Waals surface area (Å²) in [6, 6.07) is 0. The Labute approximate surface area is 66.8 Å². The van der Waals surface area contributed by atoms with Gasteiger partial charge in [-0.1, -0.05) is 0 Å². The van der Waals surface area contributed by atoms with E-state index in [0.717, 1.165) is 0 Å². The molecule has 1 saturated heterocycles. The molecule has 0 aromatic rings. The van der Waals surface area contributed by atoms with Gasteiger partial charge >= 0.3 is 6.09 Å². The van der Waals surface area contributed by atoms with Crippen LogP contribution in [0.15, 0.2) is 0 Å². The molecule has 52 valence electrons. The van der Waals surface area contributed by atoms with Crippen LogP contribution in [0.3, 0.4) is 0 Å². The molecule has 1 rings (SSSR count). The Kier molecular flexibility index (Phi) is 2.12. The van der Waals surface area contributed by atoms with Crippen LogP contribution in [0, 0.1) is 0 Å². The van der Waals surface area contributed by atoms with Crippen LogP contribution in [0.1, 0.15) is 0 Å². The van der Waals surface area contributed by atoms with Gasteiger partial charge in [-0.3, -0.25) is 0 Å². The number of carbonyl (C=O) groups excluding carboxylic acids is 1. The normalized spacial score (nSPS) is 26.7. The van der Waals surface area contributed by atoms with Gasteiger partial charge in [0.1, 0.15) is 6.10 Å². The number of hydrogen-bond acceptors (Lipinski definition) is 3. The van der Waals surface area contributed by atoms with Gasteiger partial charge < -0.3 is 10.5 Å². The van der Waals surface area contributed by atoms with E-state index < -0.39 is 0 Å². The van der Waals surface area contributed by atoms with Crippen LogP contribution in [0.2, 0.25) is 0 Å². The lowest BCUT2D eigenvalue weighted by atomic mass is 10.4. The van der Waals surface area contributed by atoms with E-state index in [9.17, 15) is 4.79 Å². The van der Waals surface area contributed by atoms with Crippen molar-refractivity contribution in [2.45, 2.75) is 6.10 Å². The standard InChI is InChI=1S/C4H7IN2O2/c5-7-2-3(1-6)9-4(7)8/h3H,1-2,6H2/t3-/m0/s1. The van der Waals surface area contributed by atoms with E-state index in [4.69, 9.17) is 10.5 Å². The summed E-state index contributed by atoms with van der Waals surface area (Å²) >= 11 is 1.90. The highest BCUT2D eigenvalue weighted by molar-refractivity contribution is 14.1. The molecule has 1 atom stereocenters. The molecule has 0 aromatic carbocycles. The van der Waals surface area contributed by atoms with Gasteiger partial charge in [-0.2, -0.15) is 0 Å². The monoisotopic (exact) mass is 242 g/mol. The number of cyclic esters (lactones) is 1. The second-order valence-corrected chi connectivity index (χ2v) is 2.95. The first-order valence-corrected chi connectivity index (χ1v) is 3.54. The van der Waals surface area contributed by atoms with Crippen molar-refractivity contribution in [3.63, 3.8) is 0 Å². The van der Waals surface area contributed by atoms with Gasteiger partial charge in [0, 0.05) is 6.54 Å². The minimum atomic E-state index is -0.286. The second kappa shape index (κ2) is 2.70. The minimum absolute atomic E-state index is 0.102. The number of carbonyl (C=O) groups is 1. The highest BCUT2D eigenvalue weighted by atomic mass is 127. The van der Waals surface area contributed by atoms with Gasteiger partial charge in [0.05, 0.1) is 29.4 Å². The Morgan fingerprint density at radius 2 is 2.67 bits per heavy atom. The number of nitrogens with two attached hydrogens (primary N) is 1. The third-order valence-electron chi connectivity index (χ3n) is 1.09. The molecule has 0 aliphatic carbocycles. The van der Waals surface area contributed by atoms with Crippen LogP contribution in [-0.4, -0.2) is 28.4 Å². The lowest BCUT2D eigenvalue weighted by Gasteiger charge is -1.99. The molecule has 0 aromatic heterocycles. The Morgan fingerprint density at radius 1 is 2.00 bits per heavy atom. The number of halogens is 1. The minimum Gasteiger partial charge on any atom is -0.442 e. The van der Waals surface area contributed by atoms with E-state index in [1.165, 1.54) is 3.11 Å². The number of hydrogen-bond donors (Lipinski definition) is 1. The predicted molar refractivity (Wildman–Crippen MR) is 40.0 cm³/mol. The summed E-state index contributed by atoms with van der Waals surface area (Å²) in [5, 5.41) is 0. The predicted octanol–water partition coefficient (Wildman–Crippen LogP) is 0.116. The molecule has 0 bridgehead atoms. The summed E-state index contributed by atoms with van der Waals surface area (Å²) in [7, 11) is 0. The molecule has 1 aliphatic rings. The van der Waals surface area contributed by atoms with Crippen LogP contribution in [0.4, 0.5) is 4.79 Å². The maximum Gasteiger partial charge on any atom is 0.419 e. The van der Waals surface area contributed by atoms with E-state index in [1.807, 2.05) is 22.9 Å². The SMILES string of the molecule is NC[C@H]1CN(I)C(=O)O1. The van der Waals surface area contributed by atoms with Crippen molar-refractivity contribution in [1.29, 1.82) is 0 Å². The average molecular weight is 242 g/mol. The van der Waals surface area contributed by atoms with Gasteiger partial charge in [-0.05, 0) is 0 Å². The molecule has 0 saturated carbocycles. The van der Waals surface area contributed by atoms with Crippen molar-refractivity contribution in [3.05, 3.63) is 0 Å². The van der Waals surface area contributed by atoms with Gasteiger partial charge in [-0.15, -0.1) is 0 Å². The fraction of sp³-hybridized carbons (Fsp3) is 0.750. The van der Waals surface area contributed by atoms with E-state index in [-0.39, 0.29) is 12.2 Å². The molecule has 1 aliphatic heterocycles. The maximum absolute atomic E-state index is 10.6. The van der Waals surface area contributed by atoms with E-state index >= 15 is 0 Å². The Hall–Kier alpha value is -0.0400. The Bertz CT molecular complexity index is 130. The average Bonchev–Trinajstić information content (AvgIpc) is 2.13. The molecule has 1 fully saturated rings. The number of ether oxygens (including phenoxy) is 1. The molecule has 0 radical (unpaired) electrons. The number of rotatable bonds is 1. The fourth-order valence-electron chi connectivity index (χ4n) is 0.613. The number of amides is 1. The first-order valence-electron chi connectivity index (χ1n) is 2.58. The van der Waals surface area contributed by atoms with E-state index in [2.05, 4.69) is 0 Å². The summed E-state index contributed by atoms with van der Waals surface area (Å²) in [6.45, 7) is 1.02. The van der Waals surface area contributed by atoms with Crippen molar-refractivity contribution in [3.8, 4) is 0 Å². The third kappa shape index (κ3) is 1.45. The van der Waals surface area contributed by atoms with Crippen LogP contribution >= 0.6 is 22.9 Å². The second-order valence-electron chi connectivity index (χ2n) is 1.79. The van der Waals surface area contributed by atoms with Crippen LogP contribution in [-0.2, 0) is 4.74 Å². The Balaban J connectivity index is 2.44. The van der Waals surface area contributed by atoms with Crippen LogP contribution < -0.4 is 5.73 Å². The quantitative estimate of drug-likeness (QED) is 0.524. The zero-order valence-electron chi connectivity index (χ0n) is 4.71. The largest absolute Gasteiger partial charge is 0.442 e. The maximum atomic E-state index is 10.6. The summed E-state index contributed by atoms with van der Waals surface area (Å²) < 4.78 is 6.26. The molecular formula is C4H7IN2O2. The van der Waals surface area contributed by atoms with E-state index in [1.54, 1.807) is 0 Å². The van der Waals surface area contributed by atoms with Gasteiger partial charge in [0.15, 0.2) is 0 Å². The first kappa shape index (κ1) is 7.07. The molecular weight excluding hydrogens is 235 g/mol. The first-order chi connectivity index (χ1) is 4.24. The van der Waals surface area contributed by atoms with Gasteiger partial charge in [0.2, 0.25) is 0 Å². The van der Waals surface area contributed by atoms with Crippen molar-refractivity contribution in [2.24, 2.45) is 5.73 Å². The highest BCUT2D eigenvalue weighted by Gasteiger charge is 2.27. The van der Waals surface area contributed by atoms with Crippen molar-refractivity contribution in [2.75, 3.05) is 13.1 Å². The van der Waals surface area contributed by atoms with Gasteiger partial charge in [0.25, 0.3) is 0 Å². The Morgan fingerprint density at radius 3 is 2.89 bits per heavy atom. The fourth-order valence-corrected chi connectivity index (χ4v) is 1.17. The third-order valence-corrected chi connectivity index (χ3v) is 1.88. The van der Waals surface area contributed by atoms with Crippen molar-refractivity contribution < 1.29 is 9.53 Å². The molecule has 2 N–H and O–H groups in total. The molecule has 1 heterocycles. The molecule has 0 spiro atoms.